The van der Waals surface area contributed by atoms with E-state index in [1.165, 1.54) is 7.11 Å². The lowest BCUT2D eigenvalue weighted by Gasteiger charge is -2.32. The van der Waals surface area contributed by atoms with Crippen LogP contribution in [0.5, 0.6) is 5.75 Å². The largest absolute Gasteiger partial charge is 0.497 e. The molecule has 1 fully saturated rings. The number of nitrogens with one attached hydrogen (secondary N) is 1. The lowest BCUT2D eigenvalue weighted by Crippen LogP contribution is -2.45. The third kappa shape index (κ3) is 6.75. The van der Waals surface area contributed by atoms with E-state index in [-0.39, 0.29) is 55.0 Å². The van der Waals surface area contributed by atoms with Gasteiger partial charge in [0.05, 0.1) is 24.9 Å². The molecule has 230 valence electrons. The normalized spacial score (nSPS) is 17.6. The van der Waals surface area contributed by atoms with E-state index in [1.54, 1.807) is 29.2 Å². The zero-order valence-corrected chi connectivity index (χ0v) is 23.0. The van der Waals surface area contributed by atoms with E-state index in [1.807, 2.05) is 0 Å². The summed E-state index contributed by atoms with van der Waals surface area (Å²) in [5.74, 6) is -0.240. The Labute approximate surface area is 241 Å². The van der Waals surface area contributed by atoms with Gasteiger partial charge in [-0.1, -0.05) is 12.1 Å². The average molecular weight is 611 g/mol. The zero-order chi connectivity index (χ0) is 30.9. The molecule has 1 amide bonds. The first-order chi connectivity index (χ1) is 20.3. The molecule has 0 spiro atoms. The second-order valence-corrected chi connectivity index (χ2v) is 10.6. The fraction of sp³-hybridized carbons (Fsp3) is 0.464. The van der Waals surface area contributed by atoms with Gasteiger partial charge in [-0.2, -0.15) is 31.4 Å². The van der Waals surface area contributed by atoms with Crippen molar-refractivity contribution in [1.29, 1.82) is 0 Å². The molecule has 5 rings (SSSR count). The summed E-state index contributed by atoms with van der Waals surface area (Å²) in [6.07, 6.45) is -6.87. The molecule has 1 N–H and O–H groups in total. The summed E-state index contributed by atoms with van der Waals surface area (Å²) in [6, 6.07) is 6.29. The number of methoxy groups -OCH3 is 1. The van der Waals surface area contributed by atoms with Crippen LogP contribution in [0, 0.1) is 0 Å². The fourth-order valence-corrected chi connectivity index (χ4v) is 5.53. The monoisotopic (exact) mass is 610 g/mol. The number of alkyl halides is 6. The van der Waals surface area contributed by atoms with Crippen molar-refractivity contribution in [3.8, 4) is 5.75 Å². The van der Waals surface area contributed by atoms with E-state index >= 15 is 0 Å². The number of ether oxygens (including phenoxy) is 1. The topological polar surface area (TPSA) is 102 Å². The molecule has 3 aromatic rings. The number of piperidine rings is 1. The number of fused-ring (bicyclic) bond motifs is 1. The van der Waals surface area contributed by atoms with E-state index in [9.17, 15) is 35.9 Å². The van der Waals surface area contributed by atoms with Crippen molar-refractivity contribution in [1.82, 2.24) is 25.1 Å². The smallest absolute Gasteiger partial charge is 0.422 e. The van der Waals surface area contributed by atoms with Crippen LogP contribution in [0.15, 0.2) is 41.5 Å². The summed E-state index contributed by atoms with van der Waals surface area (Å²) in [5, 5.41) is 7.23. The lowest BCUT2D eigenvalue weighted by molar-refractivity contribution is -0.140. The van der Waals surface area contributed by atoms with Crippen LogP contribution < -0.4 is 20.5 Å². The second kappa shape index (κ2) is 11.8. The zero-order valence-electron chi connectivity index (χ0n) is 23.0. The second-order valence-electron chi connectivity index (χ2n) is 10.6. The van der Waals surface area contributed by atoms with Gasteiger partial charge in [-0.15, -0.1) is 0 Å². The maximum Gasteiger partial charge on any atom is 0.422 e. The molecule has 2 aliphatic rings. The Morgan fingerprint density at radius 3 is 2.23 bits per heavy atom. The number of hydrogen-bond donors (Lipinski definition) is 1. The molecule has 3 heterocycles. The SMILES string of the molecule is COc1ccc(Cn2nc3c(c(C(F)(F)F)c2=O)CCC3CC(=O)NC2CCN(c3ncc(C(F)(F)F)cn3)CC2)cc1. The van der Waals surface area contributed by atoms with Gasteiger partial charge in [0.25, 0.3) is 5.56 Å². The Hall–Kier alpha value is -4.17. The van der Waals surface area contributed by atoms with Crippen LogP contribution in [0.2, 0.25) is 0 Å². The first-order valence-corrected chi connectivity index (χ1v) is 13.6. The standard InChI is InChI=1S/C28H28F6N6O3/c1-43-20-5-2-16(3-6-20)15-40-25(42)23(28(32,33)34)21-7-4-17(24(21)38-40)12-22(41)37-19-8-10-39(11-9-19)26-35-13-18(14-36-26)27(29,30)31/h2-3,5-6,13-14,17,19H,4,7-12,15H2,1H3,(H,37,41). The molecular weight excluding hydrogens is 582 g/mol. The van der Waals surface area contributed by atoms with Gasteiger partial charge < -0.3 is 15.0 Å². The first kappa shape index (κ1) is 30.3. The van der Waals surface area contributed by atoms with Crippen LogP contribution in [0.25, 0.3) is 0 Å². The van der Waals surface area contributed by atoms with Gasteiger partial charge in [-0.05, 0) is 48.9 Å². The summed E-state index contributed by atoms with van der Waals surface area (Å²) in [5.41, 5.74) is -2.91. The number of halogens is 6. The number of hydrogen-bond acceptors (Lipinski definition) is 7. The predicted molar refractivity (Wildman–Crippen MR) is 142 cm³/mol. The average Bonchev–Trinajstić information content (AvgIpc) is 3.34. The molecule has 1 saturated heterocycles. The number of carbonyl (C=O) groups excluding carboxylic acids is 1. The van der Waals surface area contributed by atoms with Crippen molar-refractivity contribution in [3.05, 3.63) is 75.0 Å². The molecular formula is C28H28F6N6O3. The van der Waals surface area contributed by atoms with Crippen LogP contribution in [0.4, 0.5) is 32.3 Å². The molecule has 43 heavy (non-hydrogen) atoms. The number of aromatic nitrogens is 4. The Kier molecular flexibility index (Phi) is 8.34. The molecule has 0 bridgehead atoms. The predicted octanol–water partition coefficient (Wildman–Crippen LogP) is 4.33. The highest BCUT2D eigenvalue weighted by atomic mass is 19.4. The number of amides is 1. The molecule has 1 unspecified atom stereocenters. The van der Waals surface area contributed by atoms with Gasteiger partial charge in [0.1, 0.15) is 11.3 Å². The van der Waals surface area contributed by atoms with E-state index in [0.717, 1.165) is 17.1 Å². The molecule has 1 aliphatic heterocycles. The third-order valence-electron chi connectivity index (χ3n) is 7.73. The van der Waals surface area contributed by atoms with E-state index in [4.69, 9.17) is 4.74 Å². The van der Waals surface area contributed by atoms with Crippen molar-refractivity contribution in [2.75, 3.05) is 25.1 Å². The van der Waals surface area contributed by atoms with Gasteiger partial charge in [0.2, 0.25) is 11.9 Å². The Morgan fingerprint density at radius 1 is 1.00 bits per heavy atom. The quantitative estimate of drug-likeness (QED) is 0.398. The molecule has 0 saturated carbocycles. The highest BCUT2D eigenvalue weighted by Crippen LogP contribution is 2.40. The van der Waals surface area contributed by atoms with E-state index in [2.05, 4.69) is 20.4 Å². The van der Waals surface area contributed by atoms with Crippen molar-refractivity contribution in [3.63, 3.8) is 0 Å². The summed E-state index contributed by atoms with van der Waals surface area (Å²) < 4.78 is 86.4. The third-order valence-corrected chi connectivity index (χ3v) is 7.73. The molecule has 0 radical (unpaired) electrons. The van der Waals surface area contributed by atoms with Crippen molar-refractivity contribution in [2.45, 2.75) is 63.0 Å². The Balaban J connectivity index is 1.25. The first-order valence-electron chi connectivity index (χ1n) is 13.6. The number of nitrogens with zero attached hydrogens (tertiary/aromatic N) is 5. The van der Waals surface area contributed by atoms with Gasteiger partial charge >= 0.3 is 12.4 Å². The molecule has 2 aromatic heterocycles. The summed E-state index contributed by atoms with van der Waals surface area (Å²) in [7, 11) is 1.48. The number of rotatable bonds is 7. The minimum Gasteiger partial charge on any atom is -0.497 e. The van der Waals surface area contributed by atoms with Gasteiger partial charge in [0.15, 0.2) is 0 Å². The highest BCUT2D eigenvalue weighted by Gasteiger charge is 2.42. The van der Waals surface area contributed by atoms with E-state index < -0.39 is 35.0 Å². The van der Waals surface area contributed by atoms with Crippen LogP contribution in [0.1, 0.15) is 59.5 Å². The van der Waals surface area contributed by atoms with Crippen molar-refractivity contribution < 1.29 is 35.9 Å². The van der Waals surface area contributed by atoms with Gasteiger partial charge in [-0.25, -0.2) is 14.6 Å². The molecule has 9 nitrogen and oxygen atoms in total. The van der Waals surface area contributed by atoms with Crippen LogP contribution in [-0.2, 0) is 30.1 Å². The lowest BCUT2D eigenvalue weighted by atomic mass is 10.00. The summed E-state index contributed by atoms with van der Waals surface area (Å²) >= 11 is 0. The number of anilines is 1. The summed E-state index contributed by atoms with van der Waals surface area (Å²) in [6.45, 7) is 0.618. The minimum absolute atomic E-state index is 0.0146. The molecule has 1 atom stereocenters. The minimum atomic E-state index is -4.88. The molecule has 1 aromatic carbocycles. The number of carbonyl (C=O) groups is 1. The summed E-state index contributed by atoms with van der Waals surface area (Å²) in [4.78, 5) is 35.2. The number of benzene rings is 1. The maximum atomic E-state index is 14.0. The van der Waals surface area contributed by atoms with Gasteiger partial charge in [0, 0.05) is 43.9 Å². The van der Waals surface area contributed by atoms with Crippen LogP contribution in [-0.4, -0.2) is 51.9 Å². The molecule has 1 aliphatic carbocycles. The van der Waals surface area contributed by atoms with Crippen molar-refractivity contribution in [2.24, 2.45) is 0 Å². The van der Waals surface area contributed by atoms with E-state index in [0.29, 0.717) is 37.2 Å². The highest BCUT2D eigenvalue weighted by molar-refractivity contribution is 5.77. The Bertz CT molecular complexity index is 1510. The fourth-order valence-electron chi connectivity index (χ4n) is 5.53. The van der Waals surface area contributed by atoms with Crippen LogP contribution in [0.3, 0.4) is 0 Å². The Morgan fingerprint density at radius 2 is 1.65 bits per heavy atom. The maximum absolute atomic E-state index is 14.0. The van der Waals surface area contributed by atoms with Gasteiger partial charge in [-0.3, -0.25) is 9.59 Å². The van der Waals surface area contributed by atoms with Crippen LogP contribution >= 0.6 is 0 Å². The van der Waals surface area contributed by atoms with Crippen molar-refractivity contribution >= 4 is 11.9 Å². The molecule has 15 heteroatoms.